The topological polar surface area (TPSA) is 43.8 Å². The van der Waals surface area contributed by atoms with Crippen LogP contribution in [0.15, 0.2) is 40.9 Å². The highest BCUT2D eigenvalue weighted by atomic mass is 79.9. The molecule has 0 aliphatic heterocycles. The fraction of sp³-hybridized carbons (Fsp3) is 0.235. The number of benzene rings is 2. The molecule has 2 N–H and O–H groups in total. The van der Waals surface area contributed by atoms with Crippen molar-refractivity contribution in [3.8, 4) is 11.4 Å². The van der Waals surface area contributed by atoms with Crippen molar-refractivity contribution in [1.29, 1.82) is 0 Å². The van der Waals surface area contributed by atoms with Gasteiger partial charge in [-0.05, 0) is 43.2 Å². The van der Waals surface area contributed by atoms with Crippen LogP contribution in [0, 0.1) is 6.92 Å². The molecule has 108 valence electrons. The van der Waals surface area contributed by atoms with Gasteiger partial charge < -0.3 is 10.3 Å². The Bertz CT molecular complexity index is 805. The second kappa shape index (κ2) is 5.53. The zero-order valence-electron chi connectivity index (χ0n) is 12.2. The summed E-state index contributed by atoms with van der Waals surface area (Å²) in [4.78, 5) is 4.82. The van der Waals surface area contributed by atoms with E-state index in [2.05, 4.69) is 45.6 Å². The van der Waals surface area contributed by atoms with Gasteiger partial charge >= 0.3 is 0 Å². The van der Waals surface area contributed by atoms with Crippen LogP contribution in [0.3, 0.4) is 0 Å². The van der Waals surface area contributed by atoms with Crippen LogP contribution in [0.4, 0.5) is 5.69 Å². The molecule has 3 nitrogen and oxygen atoms in total. The summed E-state index contributed by atoms with van der Waals surface area (Å²) in [6.07, 6.45) is 1.06. The fourth-order valence-electron chi connectivity index (χ4n) is 2.63. The lowest BCUT2D eigenvalue weighted by molar-refractivity contribution is 0.704. The van der Waals surface area contributed by atoms with Gasteiger partial charge in [0.15, 0.2) is 0 Å². The van der Waals surface area contributed by atoms with Gasteiger partial charge in [-0.2, -0.15) is 0 Å². The highest BCUT2D eigenvalue weighted by Gasteiger charge is 2.15. The summed E-state index contributed by atoms with van der Waals surface area (Å²) in [5, 5.41) is 0. The molecule has 0 radical (unpaired) electrons. The maximum Gasteiger partial charge on any atom is 0.143 e. The molecular weight excluding hydrogens is 326 g/mol. The Labute approximate surface area is 132 Å². The van der Waals surface area contributed by atoms with Crippen molar-refractivity contribution >= 4 is 32.7 Å². The number of rotatable bonds is 3. The van der Waals surface area contributed by atoms with Crippen molar-refractivity contribution in [2.75, 3.05) is 5.73 Å². The Balaban J connectivity index is 2.30. The molecule has 0 amide bonds. The molecule has 3 rings (SSSR count). The SMILES string of the molecule is CCCn1c(-c2cccc(C)c2N)nc2cc(Br)ccc21. The van der Waals surface area contributed by atoms with E-state index in [1.807, 2.05) is 25.1 Å². The third-order valence-electron chi connectivity index (χ3n) is 3.72. The molecule has 0 bridgehead atoms. The number of nitrogens with two attached hydrogens (primary N) is 1. The summed E-state index contributed by atoms with van der Waals surface area (Å²) in [7, 11) is 0. The average molecular weight is 344 g/mol. The normalized spacial score (nSPS) is 11.2. The van der Waals surface area contributed by atoms with E-state index >= 15 is 0 Å². The fourth-order valence-corrected chi connectivity index (χ4v) is 2.98. The zero-order chi connectivity index (χ0) is 15.0. The number of para-hydroxylation sites is 1. The molecule has 0 saturated carbocycles. The quantitative estimate of drug-likeness (QED) is 0.696. The molecular formula is C17H18BrN3. The van der Waals surface area contributed by atoms with E-state index in [0.29, 0.717) is 0 Å². The van der Waals surface area contributed by atoms with Crippen LogP contribution in [-0.4, -0.2) is 9.55 Å². The minimum atomic E-state index is 0.809. The Hall–Kier alpha value is -1.81. The Kier molecular flexibility index (Phi) is 3.72. The van der Waals surface area contributed by atoms with Crippen LogP contribution in [0.5, 0.6) is 0 Å². The number of fused-ring (bicyclic) bond motifs is 1. The number of nitrogens with zero attached hydrogens (tertiary/aromatic N) is 2. The number of hydrogen-bond acceptors (Lipinski definition) is 2. The molecule has 0 atom stereocenters. The number of aryl methyl sites for hydroxylation is 2. The first kappa shape index (κ1) is 14.1. The van der Waals surface area contributed by atoms with Gasteiger partial charge in [-0.1, -0.05) is 35.0 Å². The number of nitrogen functional groups attached to an aromatic ring is 1. The first-order valence-corrected chi connectivity index (χ1v) is 7.92. The number of hydrogen-bond donors (Lipinski definition) is 1. The van der Waals surface area contributed by atoms with Crippen molar-refractivity contribution in [1.82, 2.24) is 9.55 Å². The molecule has 4 heteroatoms. The second-order valence-electron chi connectivity index (χ2n) is 5.26. The molecule has 3 aromatic rings. The summed E-state index contributed by atoms with van der Waals surface area (Å²) in [6, 6.07) is 12.3. The first-order valence-electron chi connectivity index (χ1n) is 7.13. The summed E-state index contributed by atoms with van der Waals surface area (Å²) in [5.74, 6) is 0.950. The maximum absolute atomic E-state index is 6.27. The first-order chi connectivity index (χ1) is 10.1. The van der Waals surface area contributed by atoms with Crippen LogP contribution in [0.25, 0.3) is 22.4 Å². The van der Waals surface area contributed by atoms with Crippen molar-refractivity contribution in [2.45, 2.75) is 26.8 Å². The molecule has 0 spiro atoms. The van der Waals surface area contributed by atoms with Crippen LogP contribution in [-0.2, 0) is 6.54 Å². The molecule has 0 aliphatic rings. The van der Waals surface area contributed by atoms with E-state index < -0.39 is 0 Å². The van der Waals surface area contributed by atoms with E-state index in [4.69, 9.17) is 10.7 Å². The Morgan fingerprint density at radius 2 is 2.05 bits per heavy atom. The van der Waals surface area contributed by atoms with Gasteiger partial charge in [-0.15, -0.1) is 0 Å². The van der Waals surface area contributed by atoms with E-state index in [9.17, 15) is 0 Å². The average Bonchev–Trinajstić information content (AvgIpc) is 2.80. The summed E-state index contributed by atoms with van der Waals surface area (Å²) >= 11 is 3.51. The molecule has 0 saturated heterocycles. The third kappa shape index (κ3) is 2.44. The van der Waals surface area contributed by atoms with Gasteiger partial charge in [-0.3, -0.25) is 0 Å². The molecule has 1 aromatic heterocycles. The van der Waals surface area contributed by atoms with Gasteiger partial charge in [0.25, 0.3) is 0 Å². The number of aromatic nitrogens is 2. The molecule has 2 aromatic carbocycles. The molecule has 1 heterocycles. The smallest absolute Gasteiger partial charge is 0.143 e. The van der Waals surface area contributed by atoms with E-state index in [1.165, 1.54) is 0 Å². The largest absolute Gasteiger partial charge is 0.398 e. The highest BCUT2D eigenvalue weighted by Crippen LogP contribution is 2.31. The lowest BCUT2D eigenvalue weighted by Gasteiger charge is -2.11. The highest BCUT2D eigenvalue weighted by molar-refractivity contribution is 9.10. The molecule has 0 fully saturated rings. The molecule has 0 unspecified atom stereocenters. The maximum atomic E-state index is 6.27. The van der Waals surface area contributed by atoms with Gasteiger partial charge in [-0.25, -0.2) is 4.98 Å². The minimum absolute atomic E-state index is 0.809. The van der Waals surface area contributed by atoms with Gasteiger partial charge in [0.1, 0.15) is 5.82 Å². The van der Waals surface area contributed by atoms with Gasteiger partial charge in [0.05, 0.1) is 11.0 Å². The lowest BCUT2D eigenvalue weighted by atomic mass is 10.1. The zero-order valence-corrected chi connectivity index (χ0v) is 13.8. The van der Waals surface area contributed by atoms with Crippen LogP contribution in [0.2, 0.25) is 0 Å². The van der Waals surface area contributed by atoms with Crippen LogP contribution < -0.4 is 5.73 Å². The van der Waals surface area contributed by atoms with Crippen LogP contribution in [0.1, 0.15) is 18.9 Å². The summed E-state index contributed by atoms with van der Waals surface area (Å²) in [5.41, 5.74) is 11.3. The standard InChI is InChI=1S/C17H18BrN3/c1-3-9-21-15-8-7-12(18)10-14(15)20-17(21)13-6-4-5-11(2)16(13)19/h4-8,10H,3,9,19H2,1-2H3. The monoisotopic (exact) mass is 343 g/mol. The minimum Gasteiger partial charge on any atom is -0.398 e. The van der Waals surface area contributed by atoms with E-state index in [-0.39, 0.29) is 0 Å². The van der Waals surface area contributed by atoms with Crippen molar-refractivity contribution in [3.63, 3.8) is 0 Å². The molecule has 0 aliphatic carbocycles. The van der Waals surface area contributed by atoms with Gasteiger partial charge in [0.2, 0.25) is 0 Å². The van der Waals surface area contributed by atoms with Crippen LogP contribution >= 0.6 is 15.9 Å². The Morgan fingerprint density at radius 3 is 2.81 bits per heavy atom. The number of halogens is 1. The van der Waals surface area contributed by atoms with E-state index in [0.717, 1.165) is 51.1 Å². The van der Waals surface area contributed by atoms with Crippen molar-refractivity contribution < 1.29 is 0 Å². The van der Waals surface area contributed by atoms with Crippen molar-refractivity contribution in [2.24, 2.45) is 0 Å². The third-order valence-corrected chi connectivity index (χ3v) is 4.22. The second-order valence-corrected chi connectivity index (χ2v) is 6.17. The predicted molar refractivity (Wildman–Crippen MR) is 92.3 cm³/mol. The Morgan fingerprint density at radius 1 is 1.24 bits per heavy atom. The lowest BCUT2D eigenvalue weighted by Crippen LogP contribution is -2.02. The molecule has 21 heavy (non-hydrogen) atoms. The predicted octanol–water partition coefficient (Wildman–Crippen LogP) is 4.77. The summed E-state index contributed by atoms with van der Waals surface area (Å²) in [6.45, 7) is 5.14. The summed E-state index contributed by atoms with van der Waals surface area (Å²) < 4.78 is 3.30. The van der Waals surface area contributed by atoms with E-state index in [1.54, 1.807) is 0 Å². The van der Waals surface area contributed by atoms with Gasteiger partial charge in [0, 0.05) is 22.3 Å². The van der Waals surface area contributed by atoms with Crippen molar-refractivity contribution in [3.05, 3.63) is 46.4 Å². The number of anilines is 1. The number of imidazole rings is 1.